The Hall–Kier alpha value is -3.06. The molecule has 140 valence electrons. The molecule has 0 atom stereocenters. The van der Waals surface area contributed by atoms with Crippen molar-refractivity contribution >= 4 is 23.2 Å². The number of nitrogens with one attached hydrogen (secondary N) is 1. The van der Waals surface area contributed by atoms with Crippen LogP contribution in [0.1, 0.15) is 22.3 Å². The van der Waals surface area contributed by atoms with Crippen molar-refractivity contribution in [1.82, 2.24) is 0 Å². The minimum atomic E-state index is -0.226. The molecule has 0 fully saturated rings. The number of rotatable bonds is 4. The monoisotopic (exact) mass is 368 g/mol. The number of carbonyl (C=O) groups excluding carboxylic acids is 2. The molecule has 0 radical (unpaired) electrons. The second-order valence-electron chi connectivity index (χ2n) is 6.45. The number of anilines is 2. The van der Waals surface area contributed by atoms with Gasteiger partial charge >= 0.3 is 0 Å². The SMILES string of the molecule is COCC(=O)N1CCCc2cc(NC(=O)c3ccc4c(c3)OCO4)ccc21. The molecular weight excluding hydrogens is 348 g/mol. The van der Waals surface area contributed by atoms with Crippen molar-refractivity contribution in [3.63, 3.8) is 0 Å². The van der Waals surface area contributed by atoms with E-state index in [-0.39, 0.29) is 25.2 Å². The summed E-state index contributed by atoms with van der Waals surface area (Å²) in [6.07, 6.45) is 1.74. The summed E-state index contributed by atoms with van der Waals surface area (Å²) in [4.78, 5) is 26.5. The van der Waals surface area contributed by atoms with E-state index in [4.69, 9.17) is 14.2 Å². The molecule has 2 aliphatic rings. The highest BCUT2D eigenvalue weighted by Gasteiger charge is 2.23. The van der Waals surface area contributed by atoms with E-state index in [2.05, 4.69) is 5.32 Å². The van der Waals surface area contributed by atoms with E-state index in [1.165, 1.54) is 7.11 Å². The van der Waals surface area contributed by atoms with Gasteiger partial charge in [0, 0.05) is 30.6 Å². The average molecular weight is 368 g/mol. The molecule has 4 rings (SSSR count). The fourth-order valence-electron chi connectivity index (χ4n) is 3.38. The van der Waals surface area contributed by atoms with Crippen LogP contribution < -0.4 is 19.7 Å². The number of hydrogen-bond acceptors (Lipinski definition) is 5. The fourth-order valence-corrected chi connectivity index (χ4v) is 3.38. The van der Waals surface area contributed by atoms with E-state index in [9.17, 15) is 9.59 Å². The van der Waals surface area contributed by atoms with Gasteiger partial charge in [-0.25, -0.2) is 0 Å². The van der Waals surface area contributed by atoms with Gasteiger partial charge in [-0.2, -0.15) is 0 Å². The maximum atomic E-state index is 12.6. The zero-order valence-electron chi connectivity index (χ0n) is 15.0. The summed E-state index contributed by atoms with van der Waals surface area (Å²) in [5.41, 5.74) is 3.10. The highest BCUT2D eigenvalue weighted by molar-refractivity contribution is 6.05. The summed E-state index contributed by atoms with van der Waals surface area (Å²) in [6, 6.07) is 10.7. The minimum Gasteiger partial charge on any atom is -0.454 e. The smallest absolute Gasteiger partial charge is 0.255 e. The van der Waals surface area contributed by atoms with E-state index in [1.807, 2.05) is 18.2 Å². The van der Waals surface area contributed by atoms with Crippen molar-refractivity contribution in [2.24, 2.45) is 0 Å². The molecule has 0 saturated heterocycles. The third-order valence-electron chi connectivity index (χ3n) is 4.66. The lowest BCUT2D eigenvalue weighted by Gasteiger charge is -2.29. The lowest BCUT2D eigenvalue weighted by atomic mass is 10.0. The summed E-state index contributed by atoms with van der Waals surface area (Å²) in [5, 5.41) is 2.91. The number of aryl methyl sites for hydroxylation is 1. The van der Waals surface area contributed by atoms with Crippen LogP contribution in [0.25, 0.3) is 0 Å². The number of methoxy groups -OCH3 is 1. The predicted molar refractivity (Wildman–Crippen MR) is 99.5 cm³/mol. The van der Waals surface area contributed by atoms with Crippen LogP contribution in [-0.2, 0) is 16.0 Å². The first-order valence-electron chi connectivity index (χ1n) is 8.79. The van der Waals surface area contributed by atoms with Gasteiger partial charge in [-0.1, -0.05) is 0 Å². The van der Waals surface area contributed by atoms with Gasteiger partial charge in [0.15, 0.2) is 11.5 Å². The Labute approximate surface area is 156 Å². The van der Waals surface area contributed by atoms with E-state index in [1.54, 1.807) is 23.1 Å². The Kier molecular flexibility index (Phi) is 4.68. The van der Waals surface area contributed by atoms with E-state index in [0.717, 1.165) is 24.1 Å². The molecule has 0 aromatic heterocycles. The molecule has 1 N–H and O–H groups in total. The Morgan fingerprint density at radius 3 is 2.85 bits per heavy atom. The summed E-state index contributed by atoms with van der Waals surface area (Å²) < 4.78 is 15.5. The van der Waals surface area contributed by atoms with Gasteiger partial charge < -0.3 is 24.4 Å². The number of ether oxygens (including phenoxy) is 3. The molecule has 2 amide bonds. The number of nitrogens with zero attached hydrogens (tertiary/aromatic N) is 1. The molecular formula is C20H20N2O5. The first-order valence-corrected chi connectivity index (χ1v) is 8.79. The van der Waals surface area contributed by atoms with Crippen LogP contribution in [0.15, 0.2) is 36.4 Å². The highest BCUT2D eigenvalue weighted by Crippen LogP contribution is 2.33. The summed E-state index contributed by atoms with van der Waals surface area (Å²) in [7, 11) is 1.51. The van der Waals surface area contributed by atoms with Crippen molar-refractivity contribution in [1.29, 1.82) is 0 Å². The van der Waals surface area contributed by atoms with Gasteiger partial charge in [0.1, 0.15) is 6.61 Å². The summed E-state index contributed by atoms with van der Waals surface area (Å²) >= 11 is 0. The topological polar surface area (TPSA) is 77.1 Å². The molecule has 27 heavy (non-hydrogen) atoms. The van der Waals surface area contributed by atoms with Crippen molar-refractivity contribution in [3.8, 4) is 11.5 Å². The predicted octanol–water partition coefficient (Wildman–Crippen LogP) is 2.59. The third-order valence-corrected chi connectivity index (χ3v) is 4.66. The van der Waals surface area contributed by atoms with E-state index < -0.39 is 0 Å². The van der Waals surface area contributed by atoms with Crippen LogP contribution >= 0.6 is 0 Å². The van der Waals surface area contributed by atoms with Gasteiger partial charge in [-0.15, -0.1) is 0 Å². The number of hydrogen-bond donors (Lipinski definition) is 1. The van der Waals surface area contributed by atoms with Gasteiger partial charge in [0.05, 0.1) is 0 Å². The molecule has 2 heterocycles. The van der Waals surface area contributed by atoms with Crippen LogP contribution in [0.5, 0.6) is 11.5 Å². The second kappa shape index (κ2) is 7.28. The molecule has 2 aromatic rings. The molecule has 0 saturated carbocycles. The van der Waals surface area contributed by atoms with Crippen LogP contribution in [-0.4, -0.2) is 38.9 Å². The molecule has 2 aromatic carbocycles. The zero-order chi connectivity index (χ0) is 18.8. The summed E-state index contributed by atoms with van der Waals surface area (Å²) in [6.45, 7) is 0.906. The maximum absolute atomic E-state index is 12.6. The van der Waals surface area contributed by atoms with Crippen molar-refractivity contribution in [3.05, 3.63) is 47.5 Å². The van der Waals surface area contributed by atoms with Crippen molar-refractivity contribution < 1.29 is 23.8 Å². The van der Waals surface area contributed by atoms with Crippen LogP contribution in [0, 0.1) is 0 Å². The second-order valence-corrected chi connectivity index (χ2v) is 6.45. The normalized spacial score (nSPS) is 14.6. The maximum Gasteiger partial charge on any atom is 0.255 e. The van der Waals surface area contributed by atoms with Gasteiger partial charge in [0.25, 0.3) is 11.8 Å². The molecule has 2 aliphatic heterocycles. The molecule has 0 bridgehead atoms. The number of benzene rings is 2. The molecule has 0 spiro atoms. The average Bonchev–Trinajstić information content (AvgIpc) is 3.15. The fraction of sp³-hybridized carbons (Fsp3) is 0.300. The minimum absolute atomic E-state index is 0.0576. The standard InChI is InChI=1S/C20H20N2O5/c1-25-11-19(23)22-8-2-3-13-9-15(5-6-16(13)22)21-20(24)14-4-7-17-18(10-14)27-12-26-17/h4-7,9-10H,2-3,8,11-12H2,1H3,(H,21,24). The first-order chi connectivity index (χ1) is 13.2. The number of carbonyl (C=O) groups is 2. The Morgan fingerprint density at radius 2 is 2.00 bits per heavy atom. The van der Waals surface area contributed by atoms with E-state index >= 15 is 0 Å². The Bertz CT molecular complexity index is 896. The van der Waals surface area contributed by atoms with Gasteiger partial charge in [0.2, 0.25) is 6.79 Å². The lowest BCUT2D eigenvalue weighted by Crippen LogP contribution is -2.37. The Morgan fingerprint density at radius 1 is 1.15 bits per heavy atom. The molecule has 0 unspecified atom stereocenters. The number of amides is 2. The molecule has 7 heteroatoms. The largest absolute Gasteiger partial charge is 0.454 e. The highest BCUT2D eigenvalue weighted by atomic mass is 16.7. The quantitative estimate of drug-likeness (QED) is 0.898. The summed E-state index contributed by atoms with van der Waals surface area (Å²) in [5.74, 6) is 0.925. The van der Waals surface area contributed by atoms with Gasteiger partial charge in [-0.05, 0) is 54.8 Å². The van der Waals surface area contributed by atoms with Crippen molar-refractivity contribution in [2.75, 3.05) is 37.3 Å². The van der Waals surface area contributed by atoms with Crippen LogP contribution in [0.3, 0.4) is 0 Å². The third kappa shape index (κ3) is 3.46. The Balaban J connectivity index is 1.52. The van der Waals surface area contributed by atoms with Crippen molar-refractivity contribution in [2.45, 2.75) is 12.8 Å². The van der Waals surface area contributed by atoms with Gasteiger partial charge in [-0.3, -0.25) is 9.59 Å². The van der Waals surface area contributed by atoms with Crippen LogP contribution in [0.2, 0.25) is 0 Å². The molecule has 0 aliphatic carbocycles. The van der Waals surface area contributed by atoms with E-state index in [0.29, 0.717) is 29.3 Å². The lowest BCUT2D eigenvalue weighted by molar-refractivity contribution is -0.122. The zero-order valence-corrected chi connectivity index (χ0v) is 15.0. The first kappa shape index (κ1) is 17.4. The number of fused-ring (bicyclic) bond motifs is 2. The van der Waals surface area contributed by atoms with Crippen LogP contribution in [0.4, 0.5) is 11.4 Å². The molecule has 7 nitrogen and oxygen atoms in total.